The van der Waals surface area contributed by atoms with Gasteiger partial charge in [0.05, 0.1) is 19.3 Å². The predicted molar refractivity (Wildman–Crippen MR) is 92.8 cm³/mol. The molecule has 134 valence electrons. The summed E-state index contributed by atoms with van der Waals surface area (Å²) in [5.41, 5.74) is 2.11. The summed E-state index contributed by atoms with van der Waals surface area (Å²) in [6.07, 6.45) is 3.53. The van der Waals surface area contributed by atoms with Crippen LogP contribution >= 0.6 is 0 Å². The van der Waals surface area contributed by atoms with Crippen molar-refractivity contribution in [3.63, 3.8) is 0 Å². The Morgan fingerprint density at radius 1 is 1.12 bits per heavy atom. The molecule has 1 aliphatic rings. The van der Waals surface area contributed by atoms with Crippen LogP contribution in [0.15, 0.2) is 42.7 Å². The molecule has 7 heteroatoms. The zero-order valence-corrected chi connectivity index (χ0v) is 14.3. The standard InChI is InChI=1S/C18H24N4O3/c23-11-10-22-14-17(12-19-22)13-20-6-8-21(9-7-20)18(24)25-15-16-4-2-1-3-5-16/h1-5,12,14,23H,6-11,13,15H2. The summed E-state index contributed by atoms with van der Waals surface area (Å²) in [6.45, 7) is 4.67. The van der Waals surface area contributed by atoms with E-state index < -0.39 is 0 Å². The number of aliphatic hydroxyl groups excluding tert-OH is 1. The Morgan fingerprint density at radius 2 is 1.88 bits per heavy atom. The number of benzene rings is 1. The number of amides is 1. The number of carbonyl (C=O) groups excluding carboxylic acids is 1. The third kappa shape index (κ3) is 5.04. The smallest absolute Gasteiger partial charge is 0.410 e. The molecular weight excluding hydrogens is 320 g/mol. The van der Waals surface area contributed by atoms with Crippen molar-refractivity contribution in [1.82, 2.24) is 19.6 Å². The number of nitrogens with zero attached hydrogens (tertiary/aromatic N) is 4. The van der Waals surface area contributed by atoms with Crippen molar-refractivity contribution in [2.45, 2.75) is 19.7 Å². The second kappa shape index (κ2) is 8.64. The molecule has 1 fully saturated rings. The monoisotopic (exact) mass is 344 g/mol. The normalized spacial score (nSPS) is 15.3. The van der Waals surface area contributed by atoms with Gasteiger partial charge in [-0.2, -0.15) is 5.10 Å². The van der Waals surface area contributed by atoms with E-state index in [0.29, 0.717) is 26.2 Å². The minimum Gasteiger partial charge on any atom is -0.445 e. The molecule has 1 aromatic heterocycles. The Bertz CT molecular complexity index is 666. The molecule has 2 heterocycles. The number of hydrogen-bond donors (Lipinski definition) is 1. The van der Waals surface area contributed by atoms with E-state index in [-0.39, 0.29) is 12.7 Å². The van der Waals surface area contributed by atoms with Gasteiger partial charge >= 0.3 is 6.09 Å². The molecule has 0 atom stereocenters. The molecule has 7 nitrogen and oxygen atoms in total. The van der Waals surface area contributed by atoms with E-state index in [4.69, 9.17) is 9.84 Å². The highest BCUT2D eigenvalue weighted by Gasteiger charge is 2.22. The molecule has 1 N–H and O–H groups in total. The van der Waals surface area contributed by atoms with Gasteiger partial charge in [-0.15, -0.1) is 0 Å². The highest BCUT2D eigenvalue weighted by Crippen LogP contribution is 2.10. The van der Waals surface area contributed by atoms with E-state index in [2.05, 4.69) is 10.00 Å². The van der Waals surface area contributed by atoms with Crippen molar-refractivity contribution < 1.29 is 14.6 Å². The lowest BCUT2D eigenvalue weighted by Gasteiger charge is -2.33. The molecular formula is C18H24N4O3. The Balaban J connectivity index is 1.41. The summed E-state index contributed by atoms with van der Waals surface area (Å²) in [6, 6.07) is 9.71. The first-order chi connectivity index (χ1) is 12.2. The van der Waals surface area contributed by atoms with Crippen molar-refractivity contribution in [3.05, 3.63) is 53.9 Å². The van der Waals surface area contributed by atoms with E-state index in [1.807, 2.05) is 42.7 Å². The topological polar surface area (TPSA) is 70.8 Å². The Kier molecular flexibility index (Phi) is 6.03. The molecule has 2 aromatic rings. The maximum Gasteiger partial charge on any atom is 0.410 e. The van der Waals surface area contributed by atoms with Crippen LogP contribution in [0.1, 0.15) is 11.1 Å². The molecule has 0 aliphatic carbocycles. The van der Waals surface area contributed by atoms with Gasteiger partial charge in [-0.3, -0.25) is 9.58 Å². The van der Waals surface area contributed by atoms with Gasteiger partial charge in [0.2, 0.25) is 0 Å². The number of piperazine rings is 1. The molecule has 1 aliphatic heterocycles. The van der Waals surface area contributed by atoms with Crippen molar-refractivity contribution in [2.24, 2.45) is 0 Å². The summed E-state index contributed by atoms with van der Waals surface area (Å²) >= 11 is 0. The molecule has 0 bridgehead atoms. The average molecular weight is 344 g/mol. The van der Waals surface area contributed by atoms with Crippen molar-refractivity contribution in [2.75, 3.05) is 32.8 Å². The Morgan fingerprint density at radius 3 is 2.60 bits per heavy atom. The second-order valence-electron chi connectivity index (χ2n) is 6.14. The van der Waals surface area contributed by atoms with Gasteiger partial charge in [0.25, 0.3) is 0 Å². The van der Waals surface area contributed by atoms with Gasteiger partial charge in [-0.05, 0) is 5.56 Å². The van der Waals surface area contributed by atoms with Crippen LogP contribution in [0.4, 0.5) is 4.79 Å². The summed E-state index contributed by atoms with van der Waals surface area (Å²) in [5, 5.41) is 13.1. The highest BCUT2D eigenvalue weighted by molar-refractivity contribution is 5.67. The summed E-state index contributed by atoms with van der Waals surface area (Å²) < 4.78 is 7.13. The predicted octanol–water partition coefficient (Wildman–Crippen LogP) is 1.33. The number of carbonyl (C=O) groups is 1. The van der Waals surface area contributed by atoms with Gasteiger partial charge in [-0.25, -0.2) is 4.79 Å². The quantitative estimate of drug-likeness (QED) is 0.856. The number of rotatable bonds is 6. The van der Waals surface area contributed by atoms with Crippen LogP contribution in [-0.4, -0.2) is 63.6 Å². The van der Waals surface area contributed by atoms with Crippen LogP contribution in [0.5, 0.6) is 0 Å². The van der Waals surface area contributed by atoms with Gasteiger partial charge < -0.3 is 14.7 Å². The van der Waals surface area contributed by atoms with Crippen LogP contribution in [0.2, 0.25) is 0 Å². The Hall–Kier alpha value is -2.38. The van der Waals surface area contributed by atoms with Crippen LogP contribution in [0.25, 0.3) is 0 Å². The van der Waals surface area contributed by atoms with Crippen LogP contribution in [-0.2, 0) is 24.4 Å². The van der Waals surface area contributed by atoms with Crippen molar-refractivity contribution in [3.8, 4) is 0 Å². The molecule has 1 amide bonds. The first kappa shape index (κ1) is 17.4. The first-order valence-electron chi connectivity index (χ1n) is 8.55. The van der Waals surface area contributed by atoms with Crippen LogP contribution in [0, 0.1) is 0 Å². The molecule has 25 heavy (non-hydrogen) atoms. The molecule has 0 spiro atoms. The summed E-state index contributed by atoms with van der Waals surface area (Å²) in [7, 11) is 0. The number of ether oxygens (including phenoxy) is 1. The van der Waals surface area contributed by atoms with Crippen molar-refractivity contribution >= 4 is 6.09 Å². The third-order valence-electron chi connectivity index (χ3n) is 4.26. The molecule has 0 radical (unpaired) electrons. The zero-order chi connectivity index (χ0) is 17.5. The number of aliphatic hydroxyl groups is 1. The molecule has 1 aromatic carbocycles. The fourth-order valence-corrected chi connectivity index (χ4v) is 2.87. The van der Waals surface area contributed by atoms with E-state index in [9.17, 15) is 4.79 Å². The van der Waals surface area contributed by atoms with Crippen molar-refractivity contribution in [1.29, 1.82) is 0 Å². The lowest BCUT2D eigenvalue weighted by Crippen LogP contribution is -2.48. The number of hydrogen-bond acceptors (Lipinski definition) is 5. The fourth-order valence-electron chi connectivity index (χ4n) is 2.87. The largest absolute Gasteiger partial charge is 0.445 e. The van der Waals surface area contributed by atoms with Gasteiger partial charge in [0.15, 0.2) is 0 Å². The summed E-state index contributed by atoms with van der Waals surface area (Å²) in [4.78, 5) is 16.2. The highest BCUT2D eigenvalue weighted by atomic mass is 16.6. The summed E-state index contributed by atoms with van der Waals surface area (Å²) in [5.74, 6) is 0. The van der Waals surface area contributed by atoms with Crippen LogP contribution < -0.4 is 0 Å². The first-order valence-corrected chi connectivity index (χ1v) is 8.55. The SMILES string of the molecule is O=C(OCc1ccccc1)N1CCN(Cc2cnn(CCO)c2)CC1. The van der Waals surface area contributed by atoms with Crippen LogP contribution in [0.3, 0.4) is 0 Å². The lowest BCUT2D eigenvalue weighted by atomic mass is 10.2. The molecule has 1 saturated heterocycles. The Labute approximate surface area is 147 Å². The minimum absolute atomic E-state index is 0.0882. The minimum atomic E-state index is -0.251. The molecule has 0 unspecified atom stereocenters. The fraction of sp³-hybridized carbons (Fsp3) is 0.444. The van der Waals surface area contributed by atoms with Gasteiger partial charge in [-0.1, -0.05) is 30.3 Å². The maximum atomic E-state index is 12.2. The molecule has 3 rings (SSSR count). The van der Waals surface area contributed by atoms with E-state index >= 15 is 0 Å². The number of aromatic nitrogens is 2. The lowest BCUT2D eigenvalue weighted by molar-refractivity contribution is 0.0700. The maximum absolute atomic E-state index is 12.2. The zero-order valence-electron chi connectivity index (χ0n) is 14.3. The van der Waals surface area contributed by atoms with E-state index in [0.717, 1.165) is 30.8 Å². The second-order valence-corrected chi connectivity index (χ2v) is 6.14. The molecule has 0 saturated carbocycles. The van der Waals surface area contributed by atoms with E-state index in [1.165, 1.54) is 0 Å². The third-order valence-corrected chi connectivity index (χ3v) is 4.26. The average Bonchev–Trinajstić information content (AvgIpc) is 3.08. The van der Waals surface area contributed by atoms with Gasteiger partial charge in [0.1, 0.15) is 6.61 Å². The van der Waals surface area contributed by atoms with Gasteiger partial charge in [0, 0.05) is 44.5 Å². The van der Waals surface area contributed by atoms with E-state index in [1.54, 1.807) is 9.58 Å².